The van der Waals surface area contributed by atoms with Gasteiger partial charge in [0.2, 0.25) is 0 Å². The normalized spacial score (nSPS) is 11.6. The zero-order valence-corrected chi connectivity index (χ0v) is 10.4. The molecule has 0 aromatic carbocycles. The van der Waals surface area contributed by atoms with Crippen molar-refractivity contribution in [1.29, 1.82) is 0 Å². The highest BCUT2D eigenvalue weighted by Gasteiger charge is 2.24. The van der Waals surface area contributed by atoms with Crippen LogP contribution in [0.2, 0.25) is 0 Å². The number of nitrogen functional groups attached to an aromatic ring is 1. The smallest absolute Gasteiger partial charge is 0.185 e. The van der Waals surface area contributed by atoms with Gasteiger partial charge in [0.1, 0.15) is 9.90 Å². The number of aromatic nitrogens is 1. The Bertz CT molecular complexity index is 425. The van der Waals surface area contributed by atoms with Crippen LogP contribution in [-0.4, -0.2) is 25.1 Å². The second kappa shape index (κ2) is 4.80. The van der Waals surface area contributed by atoms with Gasteiger partial charge in [-0.2, -0.15) is 4.37 Å². The third-order valence-electron chi connectivity index (χ3n) is 1.80. The first-order chi connectivity index (χ1) is 7.03. The third kappa shape index (κ3) is 2.60. The van der Waals surface area contributed by atoms with Crippen molar-refractivity contribution in [3.63, 3.8) is 0 Å². The molecule has 0 aliphatic carbocycles. The maximum absolute atomic E-state index is 11.9. The Kier molecular flexibility index (Phi) is 3.92. The molecule has 0 amide bonds. The van der Waals surface area contributed by atoms with E-state index in [9.17, 15) is 8.42 Å². The van der Waals surface area contributed by atoms with Gasteiger partial charge in [-0.05, 0) is 24.9 Å². The van der Waals surface area contributed by atoms with E-state index in [0.717, 1.165) is 11.5 Å². The molecule has 1 rings (SSSR count). The van der Waals surface area contributed by atoms with Crippen LogP contribution in [0.25, 0.3) is 0 Å². The van der Waals surface area contributed by atoms with Gasteiger partial charge in [-0.25, -0.2) is 8.42 Å². The molecule has 0 unspecified atom stereocenters. The van der Waals surface area contributed by atoms with Crippen LogP contribution in [-0.2, 0) is 9.84 Å². The molecule has 0 fully saturated rings. The van der Waals surface area contributed by atoms with Crippen LogP contribution in [0.3, 0.4) is 0 Å². The van der Waals surface area contributed by atoms with E-state index in [4.69, 9.17) is 5.73 Å². The van der Waals surface area contributed by atoms with Crippen molar-refractivity contribution in [2.24, 2.45) is 0 Å². The standard InChI is InChI=1S/C8H15N3O2S2/c1-3-5-15(12,13)6-7(9)11-14-8(6)10-4-2/h10H,3-5H2,1-2H3,(H2,9,11). The Morgan fingerprint density at radius 2 is 2.13 bits per heavy atom. The van der Waals surface area contributed by atoms with E-state index in [2.05, 4.69) is 9.69 Å². The average molecular weight is 249 g/mol. The maximum Gasteiger partial charge on any atom is 0.185 e. The van der Waals surface area contributed by atoms with Gasteiger partial charge in [0.05, 0.1) is 5.75 Å². The second-order valence-electron chi connectivity index (χ2n) is 3.08. The molecule has 0 saturated heterocycles. The van der Waals surface area contributed by atoms with Crippen LogP contribution in [0, 0.1) is 0 Å². The Morgan fingerprint density at radius 1 is 1.47 bits per heavy atom. The minimum absolute atomic E-state index is 0.101. The van der Waals surface area contributed by atoms with Crippen molar-refractivity contribution in [2.75, 3.05) is 23.3 Å². The first-order valence-electron chi connectivity index (χ1n) is 4.74. The molecule has 1 aromatic rings. The Morgan fingerprint density at radius 3 is 2.67 bits per heavy atom. The fraction of sp³-hybridized carbons (Fsp3) is 0.625. The van der Waals surface area contributed by atoms with Crippen molar-refractivity contribution >= 4 is 32.2 Å². The maximum atomic E-state index is 11.9. The molecular formula is C8H15N3O2S2. The minimum atomic E-state index is -3.29. The summed E-state index contributed by atoms with van der Waals surface area (Å²) in [6, 6.07) is 0. The minimum Gasteiger partial charge on any atom is -0.382 e. The fourth-order valence-corrected chi connectivity index (χ4v) is 3.93. The third-order valence-corrected chi connectivity index (χ3v) is 4.72. The molecule has 15 heavy (non-hydrogen) atoms. The summed E-state index contributed by atoms with van der Waals surface area (Å²) >= 11 is 1.09. The largest absolute Gasteiger partial charge is 0.382 e. The lowest BCUT2D eigenvalue weighted by molar-refractivity contribution is 0.595. The van der Waals surface area contributed by atoms with Gasteiger partial charge >= 0.3 is 0 Å². The summed E-state index contributed by atoms with van der Waals surface area (Å²) in [6.45, 7) is 4.36. The number of nitrogens with two attached hydrogens (primary N) is 1. The average Bonchev–Trinajstić information content (AvgIpc) is 2.48. The monoisotopic (exact) mass is 249 g/mol. The molecule has 1 heterocycles. The summed E-state index contributed by atoms with van der Waals surface area (Å²) in [7, 11) is -3.29. The Balaban J connectivity index is 3.17. The molecule has 3 N–H and O–H groups in total. The van der Waals surface area contributed by atoms with Gasteiger partial charge in [-0.3, -0.25) is 0 Å². The van der Waals surface area contributed by atoms with E-state index in [1.807, 2.05) is 13.8 Å². The zero-order chi connectivity index (χ0) is 11.5. The molecule has 86 valence electrons. The second-order valence-corrected chi connectivity index (χ2v) is 5.89. The molecule has 5 nitrogen and oxygen atoms in total. The predicted octanol–water partition coefficient (Wildman–Crippen LogP) is 1.34. The van der Waals surface area contributed by atoms with E-state index in [1.165, 1.54) is 0 Å². The van der Waals surface area contributed by atoms with Crippen molar-refractivity contribution in [1.82, 2.24) is 4.37 Å². The van der Waals surface area contributed by atoms with E-state index in [-0.39, 0.29) is 16.5 Å². The predicted molar refractivity (Wildman–Crippen MR) is 63.0 cm³/mol. The summed E-state index contributed by atoms with van der Waals surface area (Å²) < 4.78 is 27.6. The number of nitrogens with zero attached hydrogens (tertiary/aromatic N) is 1. The molecule has 0 bridgehead atoms. The summed E-state index contributed by atoms with van der Waals surface area (Å²) in [5, 5.41) is 3.50. The number of anilines is 2. The highest BCUT2D eigenvalue weighted by molar-refractivity contribution is 7.91. The van der Waals surface area contributed by atoms with Crippen LogP contribution < -0.4 is 11.1 Å². The van der Waals surface area contributed by atoms with Crippen molar-refractivity contribution in [2.45, 2.75) is 25.2 Å². The fourth-order valence-electron chi connectivity index (χ4n) is 1.24. The van der Waals surface area contributed by atoms with Gasteiger partial charge in [-0.15, -0.1) is 0 Å². The highest BCUT2D eigenvalue weighted by atomic mass is 32.2. The quantitative estimate of drug-likeness (QED) is 0.822. The summed E-state index contributed by atoms with van der Waals surface area (Å²) in [4.78, 5) is 0.163. The van der Waals surface area contributed by atoms with E-state index in [1.54, 1.807) is 0 Å². The van der Waals surface area contributed by atoms with Crippen molar-refractivity contribution in [3.05, 3.63) is 0 Å². The first-order valence-corrected chi connectivity index (χ1v) is 7.17. The van der Waals surface area contributed by atoms with E-state index < -0.39 is 9.84 Å². The van der Waals surface area contributed by atoms with Gasteiger partial charge in [0, 0.05) is 6.54 Å². The Labute approximate surface area is 93.8 Å². The molecule has 1 aromatic heterocycles. The topological polar surface area (TPSA) is 85.1 Å². The van der Waals surface area contributed by atoms with Gasteiger partial charge in [-0.1, -0.05) is 6.92 Å². The van der Waals surface area contributed by atoms with Gasteiger partial charge in [0.15, 0.2) is 15.7 Å². The number of sulfone groups is 1. The van der Waals surface area contributed by atoms with Crippen LogP contribution in [0.5, 0.6) is 0 Å². The zero-order valence-electron chi connectivity index (χ0n) is 8.78. The van der Waals surface area contributed by atoms with Crippen molar-refractivity contribution in [3.8, 4) is 0 Å². The molecule has 7 heteroatoms. The molecular weight excluding hydrogens is 234 g/mol. The van der Waals surface area contributed by atoms with E-state index >= 15 is 0 Å². The number of nitrogens with one attached hydrogen (secondary N) is 1. The molecule has 0 saturated carbocycles. The lowest BCUT2D eigenvalue weighted by atomic mass is 10.6. The molecule has 0 aliphatic rings. The van der Waals surface area contributed by atoms with Crippen LogP contribution in [0.1, 0.15) is 20.3 Å². The van der Waals surface area contributed by atoms with Crippen LogP contribution in [0.4, 0.5) is 10.8 Å². The van der Waals surface area contributed by atoms with Crippen molar-refractivity contribution < 1.29 is 8.42 Å². The lowest BCUT2D eigenvalue weighted by Gasteiger charge is -2.05. The summed E-state index contributed by atoms with van der Waals surface area (Å²) in [6.07, 6.45) is 0.573. The first kappa shape index (κ1) is 12.3. The number of hydrogen-bond donors (Lipinski definition) is 2. The SMILES string of the molecule is CCCS(=O)(=O)c1c(N)nsc1NCC. The van der Waals surface area contributed by atoms with Gasteiger partial charge < -0.3 is 11.1 Å². The summed E-state index contributed by atoms with van der Waals surface area (Å²) in [5.74, 6) is 0.206. The molecule has 0 spiro atoms. The van der Waals surface area contributed by atoms with Crippen LogP contribution >= 0.6 is 11.5 Å². The van der Waals surface area contributed by atoms with Gasteiger partial charge in [0.25, 0.3) is 0 Å². The molecule has 0 radical (unpaired) electrons. The Hall–Kier alpha value is -0.820. The highest BCUT2D eigenvalue weighted by Crippen LogP contribution is 2.32. The number of rotatable bonds is 5. The summed E-state index contributed by atoms with van der Waals surface area (Å²) in [5.41, 5.74) is 5.57. The van der Waals surface area contributed by atoms with Crippen LogP contribution in [0.15, 0.2) is 4.90 Å². The lowest BCUT2D eigenvalue weighted by Crippen LogP contribution is -2.10. The van der Waals surface area contributed by atoms with E-state index in [0.29, 0.717) is 18.0 Å². The molecule has 0 atom stereocenters. The molecule has 0 aliphatic heterocycles. The number of hydrogen-bond acceptors (Lipinski definition) is 6.